The van der Waals surface area contributed by atoms with Crippen LogP contribution >= 0.6 is 0 Å². The van der Waals surface area contributed by atoms with Crippen molar-refractivity contribution in [2.75, 3.05) is 5.32 Å². The van der Waals surface area contributed by atoms with Gasteiger partial charge in [0.2, 0.25) is 11.8 Å². The number of benzene rings is 1. The van der Waals surface area contributed by atoms with Crippen LogP contribution < -0.4 is 5.32 Å². The van der Waals surface area contributed by atoms with Crippen molar-refractivity contribution in [2.45, 2.75) is 19.8 Å². The number of rotatable bonds is 4. The van der Waals surface area contributed by atoms with Crippen LogP contribution in [0, 0.1) is 18.8 Å². The molecule has 1 aliphatic rings. The Balaban J connectivity index is 1.73. The first kappa shape index (κ1) is 14.3. The normalized spacial score (nSPS) is 20.2. The molecule has 1 amide bonds. The SMILES string of the molecule is Cc1coc(-c2cccc(NC(=O)C3CCC3C(=O)O)c2)n1. The number of anilines is 1. The summed E-state index contributed by atoms with van der Waals surface area (Å²) in [6, 6.07) is 7.15. The van der Waals surface area contributed by atoms with Crippen molar-refractivity contribution in [1.82, 2.24) is 4.98 Å². The maximum absolute atomic E-state index is 12.1. The second-order valence-corrected chi connectivity index (χ2v) is 5.49. The number of aromatic nitrogens is 1. The summed E-state index contributed by atoms with van der Waals surface area (Å²) in [7, 11) is 0. The summed E-state index contributed by atoms with van der Waals surface area (Å²) in [5, 5.41) is 11.8. The van der Waals surface area contributed by atoms with Gasteiger partial charge in [0.15, 0.2) is 0 Å². The monoisotopic (exact) mass is 300 g/mol. The average Bonchev–Trinajstić information content (AvgIpc) is 2.83. The zero-order valence-corrected chi connectivity index (χ0v) is 12.1. The lowest BCUT2D eigenvalue weighted by Gasteiger charge is -2.31. The van der Waals surface area contributed by atoms with E-state index in [4.69, 9.17) is 9.52 Å². The van der Waals surface area contributed by atoms with Gasteiger partial charge in [-0.15, -0.1) is 0 Å². The lowest BCUT2D eigenvalue weighted by Crippen LogP contribution is -2.41. The molecule has 2 aromatic rings. The second-order valence-electron chi connectivity index (χ2n) is 5.49. The Hall–Kier alpha value is -2.63. The first-order chi connectivity index (χ1) is 10.5. The van der Waals surface area contributed by atoms with E-state index in [1.54, 1.807) is 24.5 Å². The molecule has 0 radical (unpaired) electrons. The number of carboxylic acid groups (broad SMARTS) is 1. The largest absolute Gasteiger partial charge is 0.481 e. The Kier molecular flexibility index (Phi) is 3.66. The minimum Gasteiger partial charge on any atom is -0.481 e. The van der Waals surface area contributed by atoms with Gasteiger partial charge in [-0.3, -0.25) is 9.59 Å². The van der Waals surface area contributed by atoms with Crippen LogP contribution in [-0.2, 0) is 9.59 Å². The van der Waals surface area contributed by atoms with E-state index in [9.17, 15) is 9.59 Å². The summed E-state index contributed by atoms with van der Waals surface area (Å²) >= 11 is 0. The number of hydrogen-bond acceptors (Lipinski definition) is 4. The van der Waals surface area contributed by atoms with Gasteiger partial charge in [-0.25, -0.2) is 4.98 Å². The Bertz CT molecular complexity index is 722. The van der Waals surface area contributed by atoms with Crippen molar-refractivity contribution < 1.29 is 19.1 Å². The molecule has 6 heteroatoms. The van der Waals surface area contributed by atoms with Crippen LogP contribution in [0.3, 0.4) is 0 Å². The molecule has 0 saturated heterocycles. The molecule has 1 heterocycles. The topological polar surface area (TPSA) is 92.4 Å². The van der Waals surface area contributed by atoms with E-state index in [0.29, 0.717) is 24.4 Å². The van der Waals surface area contributed by atoms with Crippen LogP contribution in [0.25, 0.3) is 11.5 Å². The minimum atomic E-state index is -0.907. The molecule has 1 aromatic heterocycles. The molecule has 0 spiro atoms. The van der Waals surface area contributed by atoms with E-state index in [-0.39, 0.29) is 5.91 Å². The Morgan fingerprint density at radius 3 is 2.68 bits per heavy atom. The zero-order valence-electron chi connectivity index (χ0n) is 12.1. The number of aryl methyl sites for hydroxylation is 1. The second kappa shape index (κ2) is 5.63. The van der Waals surface area contributed by atoms with E-state index in [1.165, 1.54) is 0 Å². The van der Waals surface area contributed by atoms with Gasteiger partial charge in [0.1, 0.15) is 6.26 Å². The highest BCUT2D eigenvalue weighted by molar-refractivity contribution is 5.96. The quantitative estimate of drug-likeness (QED) is 0.905. The van der Waals surface area contributed by atoms with Gasteiger partial charge in [-0.2, -0.15) is 0 Å². The fourth-order valence-electron chi connectivity index (χ4n) is 2.56. The Labute approximate surface area is 127 Å². The van der Waals surface area contributed by atoms with E-state index in [1.807, 2.05) is 13.0 Å². The first-order valence-electron chi connectivity index (χ1n) is 7.11. The van der Waals surface area contributed by atoms with E-state index >= 15 is 0 Å². The van der Waals surface area contributed by atoms with Gasteiger partial charge in [0.05, 0.1) is 17.5 Å². The summed E-state index contributed by atoms with van der Waals surface area (Å²) in [6.45, 7) is 1.83. The van der Waals surface area contributed by atoms with Crippen LogP contribution in [0.4, 0.5) is 5.69 Å². The summed E-state index contributed by atoms with van der Waals surface area (Å²) in [6.07, 6.45) is 2.73. The highest BCUT2D eigenvalue weighted by Crippen LogP contribution is 2.35. The molecule has 2 unspecified atom stereocenters. The lowest BCUT2D eigenvalue weighted by molar-refractivity contribution is -0.151. The van der Waals surface area contributed by atoms with Gasteiger partial charge in [0.25, 0.3) is 0 Å². The Morgan fingerprint density at radius 1 is 1.32 bits per heavy atom. The summed E-state index contributed by atoms with van der Waals surface area (Å²) < 4.78 is 5.34. The predicted octanol–water partition coefficient (Wildman–Crippen LogP) is 2.70. The summed E-state index contributed by atoms with van der Waals surface area (Å²) in [5.41, 5.74) is 2.15. The fourth-order valence-corrected chi connectivity index (χ4v) is 2.56. The molecule has 1 saturated carbocycles. The van der Waals surface area contributed by atoms with Crippen molar-refractivity contribution in [2.24, 2.45) is 11.8 Å². The average molecular weight is 300 g/mol. The highest BCUT2D eigenvalue weighted by Gasteiger charge is 2.41. The molecule has 0 aliphatic heterocycles. The maximum Gasteiger partial charge on any atom is 0.307 e. The van der Waals surface area contributed by atoms with E-state index in [0.717, 1.165) is 11.3 Å². The number of carbonyl (C=O) groups is 2. The van der Waals surface area contributed by atoms with Crippen molar-refractivity contribution >= 4 is 17.6 Å². The molecule has 1 aliphatic carbocycles. The molecule has 114 valence electrons. The predicted molar refractivity (Wildman–Crippen MR) is 79.2 cm³/mol. The minimum absolute atomic E-state index is 0.251. The smallest absolute Gasteiger partial charge is 0.307 e. The standard InChI is InChI=1S/C16H16N2O4/c1-9-8-22-15(17-9)10-3-2-4-11(7-10)18-14(19)12-5-6-13(12)16(20)21/h2-4,7-8,12-13H,5-6H2,1H3,(H,18,19)(H,20,21). The summed E-state index contributed by atoms with van der Waals surface area (Å²) in [5.74, 6) is -1.70. The number of oxazole rings is 1. The number of aliphatic carboxylic acids is 1. The molecule has 2 N–H and O–H groups in total. The number of amides is 1. The van der Waals surface area contributed by atoms with Gasteiger partial charge in [-0.1, -0.05) is 6.07 Å². The van der Waals surface area contributed by atoms with Crippen LogP contribution in [0.2, 0.25) is 0 Å². The first-order valence-corrected chi connectivity index (χ1v) is 7.11. The highest BCUT2D eigenvalue weighted by atomic mass is 16.4. The molecule has 22 heavy (non-hydrogen) atoms. The van der Waals surface area contributed by atoms with Crippen LogP contribution in [-0.4, -0.2) is 22.0 Å². The fraction of sp³-hybridized carbons (Fsp3) is 0.312. The van der Waals surface area contributed by atoms with Crippen molar-refractivity contribution in [3.63, 3.8) is 0 Å². The van der Waals surface area contributed by atoms with Crippen molar-refractivity contribution in [1.29, 1.82) is 0 Å². The molecular weight excluding hydrogens is 284 g/mol. The maximum atomic E-state index is 12.1. The van der Waals surface area contributed by atoms with Gasteiger partial charge < -0.3 is 14.8 Å². The molecule has 1 aromatic carbocycles. The molecule has 6 nitrogen and oxygen atoms in total. The number of nitrogens with zero attached hydrogens (tertiary/aromatic N) is 1. The zero-order chi connectivity index (χ0) is 15.7. The van der Waals surface area contributed by atoms with Crippen LogP contribution in [0.5, 0.6) is 0 Å². The van der Waals surface area contributed by atoms with Crippen molar-refractivity contribution in [3.05, 3.63) is 36.2 Å². The molecule has 3 rings (SSSR count). The van der Waals surface area contributed by atoms with Crippen LogP contribution in [0.15, 0.2) is 34.9 Å². The molecule has 2 atom stereocenters. The third-order valence-corrected chi connectivity index (χ3v) is 3.92. The Morgan fingerprint density at radius 2 is 2.09 bits per heavy atom. The number of hydrogen-bond donors (Lipinski definition) is 2. The van der Waals surface area contributed by atoms with E-state index in [2.05, 4.69) is 10.3 Å². The third kappa shape index (κ3) is 2.72. The van der Waals surface area contributed by atoms with Gasteiger partial charge >= 0.3 is 5.97 Å². The molecular formula is C16H16N2O4. The summed E-state index contributed by atoms with van der Waals surface area (Å²) in [4.78, 5) is 27.4. The molecule has 0 bridgehead atoms. The number of carboxylic acids is 1. The van der Waals surface area contributed by atoms with Crippen LogP contribution in [0.1, 0.15) is 18.5 Å². The van der Waals surface area contributed by atoms with Gasteiger partial charge in [0, 0.05) is 11.3 Å². The molecule has 1 fully saturated rings. The van der Waals surface area contributed by atoms with E-state index < -0.39 is 17.8 Å². The van der Waals surface area contributed by atoms with Crippen molar-refractivity contribution in [3.8, 4) is 11.5 Å². The third-order valence-electron chi connectivity index (χ3n) is 3.92. The number of nitrogens with one attached hydrogen (secondary N) is 1. The number of carbonyl (C=O) groups excluding carboxylic acids is 1. The lowest BCUT2D eigenvalue weighted by atomic mass is 9.73. The van der Waals surface area contributed by atoms with Gasteiger partial charge in [-0.05, 0) is 38.0 Å².